The number of piperazine rings is 1. The predicted octanol–water partition coefficient (Wildman–Crippen LogP) is 3.17. The fourth-order valence-corrected chi connectivity index (χ4v) is 2.80. The molecule has 0 radical (unpaired) electrons. The number of nitrogens with zero attached hydrogens (tertiary/aromatic N) is 1. The zero-order valence-corrected chi connectivity index (χ0v) is 12.2. The van der Waals surface area contributed by atoms with Crippen molar-refractivity contribution in [2.75, 3.05) is 24.5 Å². The lowest BCUT2D eigenvalue weighted by Gasteiger charge is -2.40. The van der Waals surface area contributed by atoms with Crippen LogP contribution >= 0.6 is 0 Å². The van der Waals surface area contributed by atoms with Crippen molar-refractivity contribution in [1.82, 2.24) is 5.32 Å². The SMILES string of the molecule is CCC1CNCCN1c1ccccc1C(C)(C)C. The summed E-state index contributed by atoms with van der Waals surface area (Å²) in [5.41, 5.74) is 3.10. The Balaban J connectivity index is 2.37. The molecule has 18 heavy (non-hydrogen) atoms. The van der Waals surface area contributed by atoms with Gasteiger partial charge in [0.25, 0.3) is 0 Å². The molecule has 0 spiro atoms. The molecule has 1 N–H and O–H groups in total. The number of rotatable bonds is 2. The van der Waals surface area contributed by atoms with E-state index in [-0.39, 0.29) is 5.41 Å². The lowest BCUT2D eigenvalue weighted by molar-refractivity contribution is 0.461. The highest BCUT2D eigenvalue weighted by molar-refractivity contribution is 5.57. The summed E-state index contributed by atoms with van der Waals surface area (Å²) in [7, 11) is 0. The number of hydrogen-bond donors (Lipinski definition) is 1. The molecule has 2 rings (SSSR count). The summed E-state index contributed by atoms with van der Waals surface area (Å²) >= 11 is 0. The Morgan fingerprint density at radius 1 is 1.28 bits per heavy atom. The molecule has 1 fully saturated rings. The van der Waals surface area contributed by atoms with Crippen LogP contribution in [0.2, 0.25) is 0 Å². The highest BCUT2D eigenvalue weighted by atomic mass is 15.2. The van der Waals surface area contributed by atoms with Crippen LogP contribution in [-0.4, -0.2) is 25.7 Å². The van der Waals surface area contributed by atoms with E-state index in [0.717, 1.165) is 19.6 Å². The van der Waals surface area contributed by atoms with Crippen molar-refractivity contribution in [2.24, 2.45) is 0 Å². The van der Waals surface area contributed by atoms with Crippen molar-refractivity contribution in [3.05, 3.63) is 29.8 Å². The molecule has 0 aliphatic carbocycles. The average molecular weight is 246 g/mol. The molecule has 2 heteroatoms. The van der Waals surface area contributed by atoms with Gasteiger partial charge in [0.15, 0.2) is 0 Å². The first-order valence-corrected chi connectivity index (χ1v) is 7.11. The molecule has 0 aromatic heterocycles. The maximum atomic E-state index is 3.50. The van der Waals surface area contributed by atoms with Crippen molar-refractivity contribution < 1.29 is 0 Å². The molecule has 1 aromatic rings. The third-order valence-corrected chi connectivity index (χ3v) is 3.84. The molecule has 1 atom stereocenters. The molecular weight excluding hydrogens is 220 g/mol. The van der Waals surface area contributed by atoms with Gasteiger partial charge in [0.2, 0.25) is 0 Å². The Morgan fingerprint density at radius 3 is 2.67 bits per heavy atom. The zero-order valence-electron chi connectivity index (χ0n) is 12.2. The summed E-state index contributed by atoms with van der Waals surface area (Å²) in [6.45, 7) is 12.5. The maximum absolute atomic E-state index is 3.50. The molecule has 0 amide bonds. The first-order chi connectivity index (χ1) is 8.54. The van der Waals surface area contributed by atoms with Crippen LogP contribution < -0.4 is 10.2 Å². The van der Waals surface area contributed by atoms with Crippen molar-refractivity contribution in [3.8, 4) is 0 Å². The molecular formula is C16H26N2. The van der Waals surface area contributed by atoms with Crippen LogP contribution in [0.1, 0.15) is 39.7 Å². The first kappa shape index (κ1) is 13.4. The predicted molar refractivity (Wildman–Crippen MR) is 79.4 cm³/mol. The van der Waals surface area contributed by atoms with Gasteiger partial charge in [-0.05, 0) is 23.5 Å². The van der Waals surface area contributed by atoms with Crippen LogP contribution in [-0.2, 0) is 5.41 Å². The number of benzene rings is 1. The molecule has 0 saturated carbocycles. The van der Waals surface area contributed by atoms with Crippen molar-refractivity contribution >= 4 is 5.69 Å². The monoisotopic (exact) mass is 246 g/mol. The van der Waals surface area contributed by atoms with Gasteiger partial charge >= 0.3 is 0 Å². The van der Waals surface area contributed by atoms with Gasteiger partial charge in [0.05, 0.1) is 0 Å². The van der Waals surface area contributed by atoms with E-state index < -0.39 is 0 Å². The number of anilines is 1. The van der Waals surface area contributed by atoms with E-state index in [2.05, 4.69) is 62.2 Å². The standard InChI is InChI=1S/C16H26N2/c1-5-13-12-17-10-11-18(13)15-9-7-6-8-14(15)16(2,3)4/h6-9,13,17H,5,10-12H2,1-4H3. The minimum atomic E-state index is 0.208. The fourth-order valence-electron chi connectivity index (χ4n) is 2.80. The summed E-state index contributed by atoms with van der Waals surface area (Å²) in [6, 6.07) is 9.52. The Labute approximate surface area is 111 Å². The normalized spacial score (nSPS) is 21.1. The first-order valence-electron chi connectivity index (χ1n) is 7.11. The van der Waals surface area contributed by atoms with Crippen LogP contribution in [0.25, 0.3) is 0 Å². The second kappa shape index (κ2) is 5.31. The zero-order chi connectivity index (χ0) is 13.2. The van der Waals surface area contributed by atoms with Gasteiger partial charge < -0.3 is 10.2 Å². The molecule has 1 aliphatic rings. The third kappa shape index (κ3) is 2.69. The summed E-state index contributed by atoms with van der Waals surface area (Å²) in [5, 5.41) is 3.50. The van der Waals surface area contributed by atoms with Gasteiger partial charge in [-0.1, -0.05) is 45.9 Å². The molecule has 1 unspecified atom stereocenters. The van der Waals surface area contributed by atoms with Crippen molar-refractivity contribution in [2.45, 2.75) is 45.6 Å². The Hall–Kier alpha value is -1.02. The van der Waals surface area contributed by atoms with Crippen LogP contribution in [0.4, 0.5) is 5.69 Å². The maximum Gasteiger partial charge on any atom is 0.0412 e. The molecule has 1 heterocycles. The van der Waals surface area contributed by atoms with Gasteiger partial charge in [-0.15, -0.1) is 0 Å². The van der Waals surface area contributed by atoms with Crippen molar-refractivity contribution in [1.29, 1.82) is 0 Å². The number of para-hydroxylation sites is 1. The lowest BCUT2D eigenvalue weighted by atomic mass is 9.85. The Morgan fingerprint density at radius 2 is 2.00 bits per heavy atom. The third-order valence-electron chi connectivity index (χ3n) is 3.84. The largest absolute Gasteiger partial charge is 0.366 e. The quantitative estimate of drug-likeness (QED) is 0.862. The van der Waals surface area contributed by atoms with Gasteiger partial charge in [-0.2, -0.15) is 0 Å². The topological polar surface area (TPSA) is 15.3 Å². The van der Waals surface area contributed by atoms with E-state index in [0.29, 0.717) is 6.04 Å². The van der Waals surface area contributed by atoms with E-state index in [4.69, 9.17) is 0 Å². The second-order valence-corrected chi connectivity index (χ2v) is 6.23. The average Bonchev–Trinajstić information content (AvgIpc) is 2.37. The van der Waals surface area contributed by atoms with Crippen LogP contribution in [0.15, 0.2) is 24.3 Å². The molecule has 100 valence electrons. The Kier molecular flexibility index (Phi) is 3.96. The smallest absolute Gasteiger partial charge is 0.0412 e. The molecule has 1 saturated heterocycles. The van der Waals surface area contributed by atoms with Crippen molar-refractivity contribution in [3.63, 3.8) is 0 Å². The highest BCUT2D eigenvalue weighted by Gasteiger charge is 2.26. The van der Waals surface area contributed by atoms with Gasteiger partial charge in [0, 0.05) is 31.4 Å². The van der Waals surface area contributed by atoms with E-state index in [1.165, 1.54) is 17.7 Å². The summed E-state index contributed by atoms with van der Waals surface area (Å²) in [6.07, 6.45) is 1.20. The highest BCUT2D eigenvalue weighted by Crippen LogP contribution is 2.33. The van der Waals surface area contributed by atoms with E-state index in [9.17, 15) is 0 Å². The minimum absolute atomic E-state index is 0.208. The van der Waals surface area contributed by atoms with E-state index >= 15 is 0 Å². The number of hydrogen-bond acceptors (Lipinski definition) is 2. The molecule has 2 nitrogen and oxygen atoms in total. The Bertz CT molecular complexity index is 392. The number of nitrogens with one attached hydrogen (secondary N) is 1. The molecule has 1 aliphatic heterocycles. The van der Waals surface area contributed by atoms with E-state index in [1.54, 1.807) is 0 Å². The van der Waals surface area contributed by atoms with Crippen LogP contribution in [0.5, 0.6) is 0 Å². The van der Waals surface area contributed by atoms with Gasteiger partial charge in [-0.3, -0.25) is 0 Å². The molecule has 0 bridgehead atoms. The summed E-state index contributed by atoms with van der Waals surface area (Å²) < 4.78 is 0. The lowest BCUT2D eigenvalue weighted by Crippen LogP contribution is -2.51. The summed E-state index contributed by atoms with van der Waals surface area (Å²) in [5.74, 6) is 0. The fraction of sp³-hybridized carbons (Fsp3) is 0.625. The van der Waals surface area contributed by atoms with Crippen LogP contribution in [0, 0.1) is 0 Å². The molecule has 1 aromatic carbocycles. The van der Waals surface area contributed by atoms with Gasteiger partial charge in [-0.25, -0.2) is 0 Å². The van der Waals surface area contributed by atoms with Crippen LogP contribution in [0.3, 0.4) is 0 Å². The van der Waals surface area contributed by atoms with Gasteiger partial charge in [0.1, 0.15) is 0 Å². The van der Waals surface area contributed by atoms with E-state index in [1.807, 2.05) is 0 Å². The minimum Gasteiger partial charge on any atom is -0.366 e. The second-order valence-electron chi connectivity index (χ2n) is 6.23. The summed E-state index contributed by atoms with van der Waals surface area (Å²) in [4.78, 5) is 2.59.